The molecule has 1 saturated carbocycles. The molecule has 4 atom stereocenters. The first-order valence-corrected chi connectivity index (χ1v) is 8.70. The average molecular weight is 323 g/mol. The van der Waals surface area contributed by atoms with Crippen LogP contribution >= 0.6 is 0 Å². The van der Waals surface area contributed by atoms with Gasteiger partial charge in [-0.3, -0.25) is 4.79 Å². The summed E-state index contributed by atoms with van der Waals surface area (Å²) in [6.07, 6.45) is 3.94. The molecular formula is C16H29N5O2. The van der Waals surface area contributed by atoms with Gasteiger partial charge in [0.2, 0.25) is 5.91 Å². The predicted molar refractivity (Wildman–Crippen MR) is 87.6 cm³/mol. The van der Waals surface area contributed by atoms with Crippen LogP contribution in [-0.2, 0) is 4.79 Å². The quantitative estimate of drug-likeness (QED) is 0.758. The maximum atomic E-state index is 12.2. The van der Waals surface area contributed by atoms with Gasteiger partial charge in [0.05, 0.1) is 12.7 Å². The molecule has 3 aliphatic rings. The van der Waals surface area contributed by atoms with E-state index in [2.05, 4.69) is 5.32 Å². The van der Waals surface area contributed by atoms with E-state index < -0.39 is 0 Å². The van der Waals surface area contributed by atoms with Crippen LogP contribution in [0.15, 0.2) is 0 Å². The fraction of sp³-hybridized carbons (Fsp3) is 0.875. The number of carbonyl (C=O) groups excluding carboxylic acids is 2. The Kier molecular flexibility index (Phi) is 4.77. The Morgan fingerprint density at radius 2 is 1.87 bits per heavy atom. The molecule has 1 aliphatic carbocycles. The van der Waals surface area contributed by atoms with Crippen LogP contribution in [-0.4, -0.2) is 79.1 Å². The Morgan fingerprint density at radius 1 is 1.22 bits per heavy atom. The average Bonchev–Trinajstić information content (AvgIpc) is 3.17. The van der Waals surface area contributed by atoms with Crippen LogP contribution in [0.5, 0.6) is 0 Å². The molecule has 130 valence electrons. The number of urea groups is 1. The highest BCUT2D eigenvalue weighted by atomic mass is 16.2. The lowest BCUT2D eigenvalue weighted by atomic mass is 10.0. The lowest BCUT2D eigenvalue weighted by molar-refractivity contribution is -0.131. The highest BCUT2D eigenvalue weighted by molar-refractivity contribution is 5.78. The topological polar surface area (TPSA) is 81.9 Å². The standard InChI is InChI=1S/C16H29N5O2/c1-19(2)16(23)20-9-11-6-13(7-12(11)10-20)18-8-15(22)21-5-3-4-14(21)17/h11-14,18H,3-10,17H2,1-2H3/t11-,12+,13-,14-/m0/s1. The summed E-state index contributed by atoms with van der Waals surface area (Å²) in [6, 6.07) is 0.506. The summed E-state index contributed by atoms with van der Waals surface area (Å²) in [6.45, 7) is 2.88. The Balaban J connectivity index is 1.42. The lowest BCUT2D eigenvalue weighted by Gasteiger charge is -2.24. The van der Waals surface area contributed by atoms with E-state index >= 15 is 0 Å². The van der Waals surface area contributed by atoms with E-state index in [1.54, 1.807) is 23.9 Å². The summed E-state index contributed by atoms with van der Waals surface area (Å²) in [7, 11) is 3.60. The molecule has 0 bridgehead atoms. The molecule has 23 heavy (non-hydrogen) atoms. The molecule has 2 aliphatic heterocycles. The van der Waals surface area contributed by atoms with E-state index in [-0.39, 0.29) is 18.1 Å². The van der Waals surface area contributed by atoms with Crippen molar-refractivity contribution in [1.29, 1.82) is 0 Å². The molecule has 2 heterocycles. The van der Waals surface area contributed by atoms with Crippen molar-refractivity contribution in [2.75, 3.05) is 40.3 Å². The van der Waals surface area contributed by atoms with Crippen molar-refractivity contribution < 1.29 is 9.59 Å². The molecule has 0 spiro atoms. The summed E-state index contributed by atoms with van der Waals surface area (Å²) < 4.78 is 0. The second kappa shape index (κ2) is 6.65. The summed E-state index contributed by atoms with van der Waals surface area (Å²) >= 11 is 0. The highest BCUT2D eigenvalue weighted by Crippen LogP contribution is 2.38. The van der Waals surface area contributed by atoms with Gasteiger partial charge in [-0.05, 0) is 37.5 Å². The molecule has 0 unspecified atom stereocenters. The van der Waals surface area contributed by atoms with Gasteiger partial charge < -0.3 is 25.8 Å². The second-order valence-electron chi connectivity index (χ2n) is 7.45. The Bertz CT molecular complexity index is 455. The Hall–Kier alpha value is -1.34. The molecule has 3 fully saturated rings. The zero-order valence-corrected chi connectivity index (χ0v) is 14.2. The minimum absolute atomic E-state index is 0.0992. The zero-order chi connectivity index (χ0) is 16.6. The predicted octanol–water partition coefficient (Wildman–Crippen LogP) is -0.125. The molecule has 7 nitrogen and oxygen atoms in total. The van der Waals surface area contributed by atoms with Crippen molar-refractivity contribution in [3.8, 4) is 0 Å². The van der Waals surface area contributed by atoms with Crippen LogP contribution in [0.2, 0.25) is 0 Å². The van der Waals surface area contributed by atoms with Crippen LogP contribution in [0, 0.1) is 11.8 Å². The fourth-order valence-electron chi connectivity index (χ4n) is 4.34. The van der Waals surface area contributed by atoms with Gasteiger partial charge in [-0.15, -0.1) is 0 Å². The number of rotatable bonds is 3. The van der Waals surface area contributed by atoms with Crippen LogP contribution in [0.25, 0.3) is 0 Å². The number of hydrogen-bond acceptors (Lipinski definition) is 4. The number of nitrogens with zero attached hydrogens (tertiary/aromatic N) is 3. The summed E-state index contributed by atoms with van der Waals surface area (Å²) in [5.74, 6) is 1.26. The molecule has 3 N–H and O–H groups in total. The van der Waals surface area contributed by atoms with Gasteiger partial charge in [-0.2, -0.15) is 0 Å². The number of carbonyl (C=O) groups is 2. The van der Waals surface area contributed by atoms with Crippen molar-refractivity contribution in [2.45, 2.75) is 37.9 Å². The maximum Gasteiger partial charge on any atom is 0.319 e. The third-order valence-electron chi connectivity index (χ3n) is 5.57. The van der Waals surface area contributed by atoms with Crippen molar-refractivity contribution >= 4 is 11.9 Å². The smallest absolute Gasteiger partial charge is 0.319 e. The third kappa shape index (κ3) is 3.45. The molecule has 2 saturated heterocycles. The van der Waals surface area contributed by atoms with E-state index in [9.17, 15) is 9.59 Å². The van der Waals surface area contributed by atoms with Crippen molar-refractivity contribution in [2.24, 2.45) is 17.6 Å². The van der Waals surface area contributed by atoms with Crippen molar-refractivity contribution in [3.63, 3.8) is 0 Å². The lowest BCUT2D eigenvalue weighted by Crippen LogP contribution is -2.46. The maximum absolute atomic E-state index is 12.2. The third-order valence-corrected chi connectivity index (χ3v) is 5.57. The van der Waals surface area contributed by atoms with Crippen molar-refractivity contribution in [1.82, 2.24) is 20.0 Å². The number of fused-ring (bicyclic) bond motifs is 1. The van der Waals surface area contributed by atoms with Gasteiger partial charge in [0.25, 0.3) is 0 Å². The molecule has 3 rings (SSSR count). The SMILES string of the molecule is CN(C)C(=O)N1C[C@H]2C[C@@H](NCC(=O)N3CCC[C@H]3N)C[C@H]2C1. The number of amides is 3. The molecule has 0 aromatic rings. The minimum atomic E-state index is -0.0992. The highest BCUT2D eigenvalue weighted by Gasteiger charge is 2.42. The summed E-state index contributed by atoms with van der Waals surface area (Å²) in [4.78, 5) is 29.6. The van der Waals surface area contributed by atoms with E-state index in [1.807, 2.05) is 4.90 Å². The van der Waals surface area contributed by atoms with E-state index in [0.717, 1.165) is 45.3 Å². The first-order chi connectivity index (χ1) is 11.0. The van der Waals surface area contributed by atoms with Crippen LogP contribution in [0.1, 0.15) is 25.7 Å². The number of nitrogens with two attached hydrogens (primary N) is 1. The molecule has 7 heteroatoms. The second-order valence-corrected chi connectivity index (χ2v) is 7.45. The molecule has 3 amide bonds. The minimum Gasteiger partial charge on any atom is -0.331 e. The summed E-state index contributed by atoms with van der Waals surface area (Å²) in [5.41, 5.74) is 5.94. The van der Waals surface area contributed by atoms with Crippen LogP contribution in [0.3, 0.4) is 0 Å². The first-order valence-electron chi connectivity index (χ1n) is 8.70. The van der Waals surface area contributed by atoms with E-state index in [0.29, 0.717) is 24.4 Å². The van der Waals surface area contributed by atoms with Gasteiger partial charge in [0.1, 0.15) is 0 Å². The molecule has 0 radical (unpaired) electrons. The zero-order valence-electron chi connectivity index (χ0n) is 14.2. The molecule has 0 aromatic heterocycles. The van der Waals surface area contributed by atoms with Gasteiger partial charge >= 0.3 is 6.03 Å². The van der Waals surface area contributed by atoms with Crippen LogP contribution < -0.4 is 11.1 Å². The number of nitrogens with one attached hydrogen (secondary N) is 1. The normalized spacial score (nSPS) is 33.2. The Labute approximate surface area is 138 Å². The van der Waals surface area contributed by atoms with Gasteiger partial charge in [-0.25, -0.2) is 4.79 Å². The van der Waals surface area contributed by atoms with Gasteiger partial charge in [0, 0.05) is 39.8 Å². The van der Waals surface area contributed by atoms with E-state index in [1.165, 1.54) is 0 Å². The molecular weight excluding hydrogens is 294 g/mol. The van der Waals surface area contributed by atoms with Gasteiger partial charge in [-0.1, -0.05) is 0 Å². The fourth-order valence-corrected chi connectivity index (χ4v) is 4.34. The van der Waals surface area contributed by atoms with Gasteiger partial charge in [0.15, 0.2) is 0 Å². The monoisotopic (exact) mass is 323 g/mol. The molecule has 0 aromatic carbocycles. The number of likely N-dealkylation sites (tertiary alicyclic amines) is 2. The Morgan fingerprint density at radius 3 is 2.39 bits per heavy atom. The largest absolute Gasteiger partial charge is 0.331 e. The van der Waals surface area contributed by atoms with Crippen LogP contribution in [0.4, 0.5) is 4.79 Å². The van der Waals surface area contributed by atoms with Crippen molar-refractivity contribution in [3.05, 3.63) is 0 Å². The van der Waals surface area contributed by atoms with E-state index in [4.69, 9.17) is 5.73 Å². The first kappa shape index (κ1) is 16.5. The summed E-state index contributed by atoms with van der Waals surface area (Å²) in [5, 5.41) is 3.41. The number of hydrogen-bond donors (Lipinski definition) is 2.